The molecule has 0 aromatic heterocycles. The zero-order chi connectivity index (χ0) is 28.5. The number of rotatable bonds is 9. The first-order chi connectivity index (χ1) is 19.1. The highest BCUT2D eigenvalue weighted by Crippen LogP contribution is 2.65. The number of carbonyl (C=O) groups is 4. The van der Waals surface area contributed by atoms with Crippen molar-refractivity contribution in [2.24, 2.45) is 28.6 Å². The molecule has 0 saturated heterocycles. The minimum absolute atomic E-state index is 0.0182. The second kappa shape index (κ2) is 11.5. The highest BCUT2D eigenvalue weighted by Gasteiger charge is 2.59. The van der Waals surface area contributed by atoms with Crippen molar-refractivity contribution in [2.45, 2.75) is 96.5 Å². The molecule has 0 spiro atoms. The molecule has 3 saturated carbocycles. The van der Waals surface area contributed by atoms with Crippen LogP contribution in [0.15, 0.2) is 42.0 Å². The molecule has 1 amide bonds. The highest BCUT2D eigenvalue weighted by atomic mass is 16.5. The Morgan fingerprint density at radius 1 is 1.00 bits per heavy atom. The van der Waals surface area contributed by atoms with Crippen molar-refractivity contribution < 1.29 is 29.0 Å². The van der Waals surface area contributed by atoms with E-state index in [-0.39, 0.29) is 66.3 Å². The van der Waals surface area contributed by atoms with E-state index in [0.29, 0.717) is 24.2 Å². The summed E-state index contributed by atoms with van der Waals surface area (Å²) in [6, 6.07) is 9.29. The van der Waals surface area contributed by atoms with Crippen LogP contribution < -0.4 is 5.32 Å². The Morgan fingerprint density at radius 3 is 2.52 bits per heavy atom. The van der Waals surface area contributed by atoms with E-state index in [1.165, 1.54) is 5.57 Å². The van der Waals surface area contributed by atoms with Gasteiger partial charge in [0.15, 0.2) is 5.78 Å². The molecule has 3 fully saturated rings. The number of hydrogen-bond donors (Lipinski definition) is 2. The summed E-state index contributed by atoms with van der Waals surface area (Å²) in [5.41, 5.74) is 2.32. The van der Waals surface area contributed by atoms with Crippen molar-refractivity contribution in [3.05, 3.63) is 47.5 Å². The first-order valence-corrected chi connectivity index (χ1v) is 15.1. The molecule has 7 heteroatoms. The summed E-state index contributed by atoms with van der Waals surface area (Å²) in [6.07, 6.45) is 9.60. The monoisotopic (exact) mass is 549 g/mol. The maximum absolute atomic E-state index is 12.9. The number of nitrogens with one attached hydrogen (secondary N) is 1. The first-order valence-electron chi connectivity index (χ1n) is 15.1. The van der Waals surface area contributed by atoms with E-state index in [0.717, 1.165) is 50.5 Å². The van der Waals surface area contributed by atoms with E-state index < -0.39 is 5.97 Å². The smallest absolute Gasteiger partial charge is 0.306 e. The summed E-state index contributed by atoms with van der Waals surface area (Å²) >= 11 is 0. The fourth-order valence-corrected chi connectivity index (χ4v) is 8.71. The van der Waals surface area contributed by atoms with Crippen molar-refractivity contribution in [2.75, 3.05) is 6.54 Å². The molecule has 0 radical (unpaired) electrons. The molecule has 5 rings (SSSR count). The Kier molecular flexibility index (Phi) is 8.21. The van der Waals surface area contributed by atoms with Crippen LogP contribution in [0, 0.1) is 28.6 Å². The van der Waals surface area contributed by atoms with E-state index in [1.54, 1.807) is 0 Å². The van der Waals surface area contributed by atoms with Gasteiger partial charge in [-0.2, -0.15) is 0 Å². The van der Waals surface area contributed by atoms with Crippen LogP contribution in [0.25, 0.3) is 0 Å². The SMILES string of the molecule is C[C@]12CC[C@@H]3[C@@H](CCC4=CC(=O)CC[C@@]43C)[C@@H]1CC[C@@H]2OC(=O)CCC(=O)NC[C@H](CC(=O)O)c1ccccc1. The molecule has 216 valence electrons. The van der Waals surface area contributed by atoms with E-state index in [4.69, 9.17) is 4.74 Å². The molecule has 2 N–H and O–H groups in total. The minimum Gasteiger partial charge on any atom is -0.481 e. The quantitative estimate of drug-likeness (QED) is 0.389. The van der Waals surface area contributed by atoms with Gasteiger partial charge >= 0.3 is 11.9 Å². The van der Waals surface area contributed by atoms with E-state index in [2.05, 4.69) is 19.2 Å². The minimum atomic E-state index is -0.919. The summed E-state index contributed by atoms with van der Waals surface area (Å²) < 4.78 is 6.05. The largest absolute Gasteiger partial charge is 0.481 e. The van der Waals surface area contributed by atoms with Crippen LogP contribution in [0.4, 0.5) is 0 Å². The Hall–Kier alpha value is -2.96. The molecule has 1 aromatic carbocycles. The van der Waals surface area contributed by atoms with Crippen LogP contribution in [0.3, 0.4) is 0 Å². The second-order valence-corrected chi connectivity index (χ2v) is 13.1. The van der Waals surface area contributed by atoms with E-state index >= 15 is 0 Å². The van der Waals surface area contributed by atoms with Crippen molar-refractivity contribution >= 4 is 23.6 Å². The third-order valence-electron chi connectivity index (χ3n) is 10.9. The predicted molar refractivity (Wildman–Crippen MR) is 150 cm³/mol. The number of amides is 1. The standard InChI is InChI=1S/C33H43NO6/c1-32-16-14-24(35)19-23(32)8-9-25-26-10-11-28(33(26,2)17-15-27(25)32)40-31(39)13-12-29(36)34-20-22(18-30(37)38)21-6-4-3-5-7-21/h3-7,19,22,25-28H,8-18,20H2,1-2H3,(H,34,36)(H,37,38)/t22-,25-,26-,27+,28-,32-,33-/m0/s1. The number of ketones is 1. The number of aliphatic carboxylic acids is 1. The van der Waals surface area contributed by atoms with Gasteiger partial charge in [0, 0.05) is 30.7 Å². The summed E-state index contributed by atoms with van der Waals surface area (Å²) in [4.78, 5) is 48.8. The predicted octanol–water partition coefficient (Wildman–Crippen LogP) is 5.59. The van der Waals surface area contributed by atoms with E-state index in [9.17, 15) is 24.3 Å². The first kappa shape index (κ1) is 28.6. The molecule has 40 heavy (non-hydrogen) atoms. The fraction of sp³-hybridized carbons (Fsp3) is 0.636. The number of ether oxygens (including phenoxy) is 1. The Morgan fingerprint density at radius 2 is 1.77 bits per heavy atom. The van der Waals surface area contributed by atoms with Crippen LogP contribution in [-0.2, 0) is 23.9 Å². The summed E-state index contributed by atoms with van der Waals surface area (Å²) in [5.74, 6) is 0.145. The lowest BCUT2D eigenvalue weighted by atomic mass is 9.47. The molecule has 0 bridgehead atoms. The van der Waals surface area contributed by atoms with Crippen LogP contribution in [0.5, 0.6) is 0 Å². The Balaban J connectivity index is 1.13. The van der Waals surface area contributed by atoms with Gasteiger partial charge in [-0.3, -0.25) is 19.2 Å². The number of carboxylic acids is 1. The average Bonchev–Trinajstić information content (AvgIpc) is 3.26. The molecule has 4 aliphatic rings. The summed E-state index contributed by atoms with van der Waals surface area (Å²) in [7, 11) is 0. The number of fused-ring (bicyclic) bond motifs is 5. The third-order valence-corrected chi connectivity index (χ3v) is 10.9. The van der Waals surface area contributed by atoms with Crippen LogP contribution in [-0.4, -0.2) is 41.4 Å². The number of esters is 1. The van der Waals surface area contributed by atoms with Crippen LogP contribution in [0.2, 0.25) is 0 Å². The number of hydrogen-bond acceptors (Lipinski definition) is 5. The maximum Gasteiger partial charge on any atom is 0.306 e. The van der Waals surface area contributed by atoms with Crippen molar-refractivity contribution in [1.82, 2.24) is 5.32 Å². The zero-order valence-corrected chi connectivity index (χ0v) is 23.8. The highest BCUT2D eigenvalue weighted by molar-refractivity contribution is 5.91. The number of allylic oxidation sites excluding steroid dienone is 1. The van der Waals surface area contributed by atoms with Gasteiger partial charge < -0.3 is 15.2 Å². The number of carbonyl (C=O) groups excluding carboxylic acids is 3. The Labute approximate surface area is 237 Å². The number of carboxylic acid groups (broad SMARTS) is 1. The second-order valence-electron chi connectivity index (χ2n) is 13.1. The number of benzene rings is 1. The Bertz CT molecular complexity index is 1180. The maximum atomic E-state index is 12.9. The summed E-state index contributed by atoms with van der Waals surface area (Å²) in [5, 5.41) is 12.1. The van der Waals surface area contributed by atoms with Crippen LogP contribution in [0.1, 0.15) is 96.0 Å². The van der Waals surface area contributed by atoms with Crippen LogP contribution >= 0.6 is 0 Å². The fourth-order valence-electron chi connectivity index (χ4n) is 8.71. The molecule has 0 heterocycles. The molecular formula is C33H43NO6. The zero-order valence-electron chi connectivity index (χ0n) is 23.8. The summed E-state index contributed by atoms with van der Waals surface area (Å²) in [6.45, 7) is 4.89. The molecule has 7 nitrogen and oxygen atoms in total. The molecule has 0 aliphatic heterocycles. The van der Waals surface area contributed by atoms with E-state index in [1.807, 2.05) is 36.4 Å². The van der Waals surface area contributed by atoms with Gasteiger partial charge in [-0.15, -0.1) is 0 Å². The third kappa shape index (κ3) is 5.61. The molecule has 1 aromatic rings. The van der Waals surface area contributed by atoms with Crippen molar-refractivity contribution in [3.8, 4) is 0 Å². The van der Waals surface area contributed by atoms with Gasteiger partial charge in [-0.05, 0) is 79.8 Å². The molecular weight excluding hydrogens is 506 g/mol. The lowest BCUT2D eigenvalue weighted by Crippen LogP contribution is -2.51. The molecule has 0 unspecified atom stereocenters. The van der Waals surface area contributed by atoms with Crippen molar-refractivity contribution in [1.29, 1.82) is 0 Å². The van der Waals surface area contributed by atoms with Gasteiger partial charge in [-0.25, -0.2) is 0 Å². The van der Waals surface area contributed by atoms with Gasteiger partial charge in [0.2, 0.25) is 5.91 Å². The lowest BCUT2D eigenvalue weighted by Gasteiger charge is -2.57. The van der Waals surface area contributed by atoms with Gasteiger partial charge in [0.25, 0.3) is 0 Å². The van der Waals surface area contributed by atoms with Gasteiger partial charge in [0.1, 0.15) is 6.10 Å². The topological polar surface area (TPSA) is 110 Å². The lowest BCUT2D eigenvalue weighted by molar-refractivity contribution is -0.160. The average molecular weight is 550 g/mol. The normalized spacial score (nSPS) is 33.5. The van der Waals surface area contributed by atoms with Crippen molar-refractivity contribution in [3.63, 3.8) is 0 Å². The molecule has 4 aliphatic carbocycles. The van der Waals surface area contributed by atoms with Gasteiger partial charge in [0.05, 0.1) is 12.8 Å². The van der Waals surface area contributed by atoms with Gasteiger partial charge in [-0.1, -0.05) is 49.8 Å². The molecule has 7 atom stereocenters.